The van der Waals surface area contributed by atoms with E-state index in [4.69, 9.17) is 0 Å². The molecule has 15 heavy (non-hydrogen) atoms. The standard InChI is InChI=1S/C11H18FNO2/c1-13(2)10(11(14)15)9-6-4-3-5-8(9)7-12/h3,5,10-11,14-15H,4,6-7H2,1-2H3. The maximum atomic E-state index is 12.7. The molecule has 1 unspecified atom stereocenters. The number of allylic oxidation sites excluding steroid dienone is 3. The Morgan fingerprint density at radius 2 is 2.13 bits per heavy atom. The Morgan fingerprint density at radius 1 is 1.47 bits per heavy atom. The van der Waals surface area contributed by atoms with Crippen LogP contribution < -0.4 is 0 Å². The maximum absolute atomic E-state index is 12.7. The number of alkyl halides is 1. The van der Waals surface area contributed by atoms with E-state index in [-0.39, 0.29) is 0 Å². The lowest BCUT2D eigenvalue weighted by atomic mass is 9.91. The fraction of sp³-hybridized carbons (Fsp3) is 0.636. The minimum atomic E-state index is -1.47. The van der Waals surface area contributed by atoms with E-state index in [0.29, 0.717) is 12.0 Å². The molecule has 1 aliphatic rings. The average molecular weight is 215 g/mol. The van der Waals surface area contributed by atoms with Gasteiger partial charge in [0.05, 0.1) is 6.04 Å². The summed E-state index contributed by atoms with van der Waals surface area (Å²) in [5, 5.41) is 18.6. The molecule has 0 aromatic heterocycles. The highest BCUT2D eigenvalue weighted by molar-refractivity contribution is 5.33. The molecule has 0 fully saturated rings. The molecule has 3 nitrogen and oxygen atoms in total. The van der Waals surface area contributed by atoms with Crippen LogP contribution in [0.15, 0.2) is 23.3 Å². The monoisotopic (exact) mass is 215 g/mol. The molecule has 0 radical (unpaired) electrons. The normalized spacial score (nSPS) is 19.1. The molecule has 0 aromatic rings. The van der Waals surface area contributed by atoms with E-state index in [9.17, 15) is 14.6 Å². The van der Waals surface area contributed by atoms with Gasteiger partial charge in [-0.1, -0.05) is 12.2 Å². The van der Waals surface area contributed by atoms with Gasteiger partial charge < -0.3 is 10.2 Å². The van der Waals surface area contributed by atoms with E-state index in [1.54, 1.807) is 25.1 Å². The number of aliphatic hydroxyl groups excluding tert-OH is 1. The zero-order valence-electron chi connectivity index (χ0n) is 9.15. The summed E-state index contributed by atoms with van der Waals surface area (Å²) >= 11 is 0. The van der Waals surface area contributed by atoms with Gasteiger partial charge in [0.2, 0.25) is 0 Å². The SMILES string of the molecule is CN(C)C(C1=C(CF)C=CCC1)C(O)O. The second-order valence-corrected chi connectivity index (χ2v) is 3.95. The van der Waals surface area contributed by atoms with E-state index < -0.39 is 19.0 Å². The molecule has 86 valence electrons. The van der Waals surface area contributed by atoms with Crippen molar-refractivity contribution in [1.29, 1.82) is 0 Å². The predicted molar refractivity (Wildman–Crippen MR) is 57.1 cm³/mol. The van der Waals surface area contributed by atoms with Crippen LogP contribution in [0.25, 0.3) is 0 Å². The van der Waals surface area contributed by atoms with E-state index in [1.807, 2.05) is 6.08 Å². The van der Waals surface area contributed by atoms with Crippen LogP contribution in [-0.4, -0.2) is 48.2 Å². The lowest BCUT2D eigenvalue weighted by Gasteiger charge is -2.30. The molecule has 2 N–H and O–H groups in total. The first-order chi connectivity index (χ1) is 7.07. The number of halogens is 1. The summed E-state index contributed by atoms with van der Waals surface area (Å²) < 4.78 is 12.7. The number of hydrogen-bond donors (Lipinski definition) is 2. The second-order valence-electron chi connectivity index (χ2n) is 3.95. The highest BCUT2D eigenvalue weighted by atomic mass is 19.1. The predicted octanol–water partition coefficient (Wildman–Crippen LogP) is 0.843. The van der Waals surface area contributed by atoms with Gasteiger partial charge in [-0.25, -0.2) is 4.39 Å². The van der Waals surface area contributed by atoms with Crippen LogP contribution in [-0.2, 0) is 0 Å². The summed E-state index contributed by atoms with van der Waals surface area (Å²) in [6.45, 7) is -0.553. The van der Waals surface area contributed by atoms with Crippen molar-refractivity contribution in [2.45, 2.75) is 25.2 Å². The van der Waals surface area contributed by atoms with Gasteiger partial charge in [0.15, 0.2) is 6.29 Å². The Kier molecular flexibility index (Phi) is 4.45. The van der Waals surface area contributed by atoms with Gasteiger partial charge in [-0.05, 0) is 38.1 Å². The molecule has 0 saturated carbocycles. The molecule has 0 spiro atoms. The van der Waals surface area contributed by atoms with Gasteiger partial charge in [-0.2, -0.15) is 0 Å². The minimum Gasteiger partial charge on any atom is -0.366 e. The third kappa shape index (κ3) is 2.87. The summed E-state index contributed by atoms with van der Waals surface area (Å²) in [5.74, 6) is 0. The quantitative estimate of drug-likeness (QED) is 0.683. The van der Waals surface area contributed by atoms with Gasteiger partial charge in [0.25, 0.3) is 0 Å². The number of rotatable bonds is 4. The fourth-order valence-corrected chi connectivity index (χ4v) is 1.96. The molecule has 1 rings (SSSR count). The number of likely N-dealkylation sites (N-methyl/N-ethyl adjacent to an activating group) is 1. The van der Waals surface area contributed by atoms with Crippen molar-refractivity contribution in [3.63, 3.8) is 0 Å². The number of nitrogens with zero attached hydrogens (tertiary/aromatic N) is 1. The van der Waals surface area contributed by atoms with Crippen LogP contribution >= 0.6 is 0 Å². The van der Waals surface area contributed by atoms with Crippen LogP contribution in [0.2, 0.25) is 0 Å². The minimum absolute atomic E-state index is 0.513. The smallest absolute Gasteiger partial charge is 0.171 e. The zero-order valence-corrected chi connectivity index (χ0v) is 9.15. The third-order valence-electron chi connectivity index (χ3n) is 2.65. The Hall–Kier alpha value is -0.710. The Labute approximate surface area is 89.5 Å². The first-order valence-corrected chi connectivity index (χ1v) is 5.05. The Morgan fingerprint density at radius 3 is 2.60 bits per heavy atom. The molecule has 4 heteroatoms. The average Bonchev–Trinajstić information content (AvgIpc) is 2.17. The van der Waals surface area contributed by atoms with Gasteiger partial charge >= 0.3 is 0 Å². The second kappa shape index (κ2) is 5.39. The van der Waals surface area contributed by atoms with Crippen molar-refractivity contribution in [3.8, 4) is 0 Å². The molecule has 0 heterocycles. The van der Waals surface area contributed by atoms with Crippen molar-refractivity contribution in [2.75, 3.05) is 20.8 Å². The Balaban J connectivity index is 2.99. The van der Waals surface area contributed by atoms with Crippen LogP contribution in [0.4, 0.5) is 4.39 Å². The molecule has 0 saturated heterocycles. The summed E-state index contributed by atoms with van der Waals surface area (Å²) in [4.78, 5) is 1.70. The lowest BCUT2D eigenvalue weighted by Crippen LogP contribution is -2.41. The fourth-order valence-electron chi connectivity index (χ4n) is 1.96. The molecule has 0 aromatic carbocycles. The first kappa shape index (κ1) is 12.4. The molecular weight excluding hydrogens is 197 g/mol. The molecule has 1 aliphatic carbocycles. The lowest BCUT2D eigenvalue weighted by molar-refractivity contribution is -0.0809. The van der Waals surface area contributed by atoms with Crippen LogP contribution in [0, 0.1) is 0 Å². The number of aliphatic hydroxyl groups is 2. The van der Waals surface area contributed by atoms with Crippen LogP contribution in [0.1, 0.15) is 12.8 Å². The van der Waals surface area contributed by atoms with Crippen molar-refractivity contribution in [1.82, 2.24) is 4.90 Å². The van der Waals surface area contributed by atoms with Crippen LogP contribution in [0.5, 0.6) is 0 Å². The van der Waals surface area contributed by atoms with E-state index in [1.165, 1.54) is 0 Å². The summed E-state index contributed by atoms with van der Waals surface area (Å²) in [6, 6.07) is -0.513. The summed E-state index contributed by atoms with van der Waals surface area (Å²) in [7, 11) is 3.51. The first-order valence-electron chi connectivity index (χ1n) is 5.05. The molecular formula is C11H18FNO2. The van der Waals surface area contributed by atoms with Crippen molar-refractivity contribution in [2.24, 2.45) is 0 Å². The largest absolute Gasteiger partial charge is 0.366 e. The maximum Gasteiger partial charge on any atom is 0.171 e. The van der Waals surface area contributed by atoms with Gasteiger partial charge in [-0.3, -0.25) is 4.90 Å². The van der Waals surface area contributed by atoms with Crippen molar-refractivity contribution in [3.05, 3.63) is 23.3 Å². The molecule has 1 atom stereocenters. The van der Waals surface area contributed by atoms with Crippen molar-refractivity contribution < 1.29 is 14.6 Å². The van der Waals surface area contributed by atoms with E-state index >= 15 is 0 Å². The Bertz CT molecular complexity index is 264. The highest BCUT2D eigenvalue weighted by Crippen LogP contribution is 2.25. The van der Waals surface area contributed by atoms with Crippen molar-refractivity contribution >= 4 is 0 Å². The third-order valence-corrected chi connectivity index (χ3v) is 2.65. The van der Waals surface area contributed by atoms with Gasteiger partial charge in [-0.15, -0.1) is 0 Å². The summed E-state index contributed by atoms with van der Waals surface area (Å²) in [6.07, 6.45) is 3.70. The van der Waals surface area contributed by atoms with E-state index in [0.717, 1.165) is 12.0 Å². The van der Waals surface area contributed by atoms with Crippen LogP contribution in [0.3, 0.4) is 0 Å². The van der Waals surface area contributed by atoms with Gasteiger partial charge in [0.1, 0.15) is 6.67 Å². The van der Waals surface area contributed by atoms with E-state index in [2.05, 4.69) is 0 Å². The number of hydrogen-bond acceptors (Lipinski definition) is 3. The highest BCUT2D eigenvalue weighted by Gasteiger charge is 2.26. The molecule has 0 bridgehead atoms. The summed E-state index contributed by atoms with van der Waals surface area (Å²) in [5.41, 5.74) is 1.37. The molecule has 0 aliphatic heterocycles. The topological polar surface area (TPSA) is 43.7 Å². The molecule has 0 amide bonds. The zero-order chi connectivity index (χ0) is 11.4. The van der Waals surface area contributed by atoms with Gasteiger partial charge in [0, 0.05) is 0 Å².